The van der Waals surface area contributed by atoms with Gasteiger partial charge in [0, 0.05) is 22.6 Å². The van der Waals surface area contributed by atoms with Gasteiger partial charge in [0.1, 0.15) is 5.75 Å². The molecule has 2 amide bonds. The number of allylic oxidation sites excluding steroid dienone is 6. The van der Waals surface area contributed by atoms with Crippen LogP contribution in [0.3, 0.4) is 0 Å². The number of nitrogens with zero attached hydrogens (tertiary/aromatic N) is 1. The van der Waals surface area contributed by atoms with Crippen LogP contribution >= 0.6 is 0 Å². The van der Waals surface area contributed by atoms with Crippen LogP contribution in [0.15, 0.2) is 89.6 Å². The Hall–Kier alpha value is -4.32. The zero-order chi connectivity index (χ0) is 26.0. The van der Waals surface area contributed by atoms with Crippen molar-refractivity contribution in [1.29, 1.82) is 0 Å². The van der Waals surface area contributed by atoms with Crippen molar-refractivity contribution in [2.24, 2.45) is 17.8 Å². The molecule has 0 saturated carbocycles. The Morgan fingerprint density at radius 3 is 2.32 bits per heavy atom. The van der Waals surface area contributed by atoms with Gasteiger partial charge in [0.15, 0.2) is 11.6 Å². The number of phenolic OH excluding ortho intramolecular Hbond substituents is 1. The number of carbonyl (C=O) groups excluding carboxylic acids is 4. The van der Waals surface area contributed by atoms with E-state index < -0.39 is 17.8 Å². The number of ketones is 2. The molecule has 6 rings (SSSR count). The number of amides is 2. The topological polar surface area (TPSA) is 91.8 Å². The van der Waals surface area contributed by atoms with E-state index >= 15 is 0 Å². The zero-order valence-corrected chi connectivity index (χ0v) is 20.3. The molecule has 0 radical (unpaired) electrons. The molecule has 3 aliphatic carbocycles. The van der Waals surface area contributed by atoms with Crippen LogP contribution in [-0.2, 0) is 19.2 Å². The smallest absolute Gasteiger partial charge is 0.238 e. The predicted octanol–water partition coefficient (Wildman–Crippen LogP) is 4.67. The summed E-state index contributed by atoms with van der Waals surface area (Å²) in [4.78, 5) is 55.2. The number of rotatable bonds is 3. The predicted molar refractivity (Wildman–Crippen MR) is 138 cm³/mol. The van der Waals surface area contributed by atoms with Crippen molar-refractivity contribution in [3.8, 4) is 5.75 Å². The molecule has 184 valence electrons. The first kappa shape index (κ1) is 23.1. The Labute approximate surface area is 214 Å². The minimum absolute atomic E-state index is 0.0970. The molecule has 0 aromatic heterocycles. The zero-order valence-electron chi connectivity index (χ0n) is 20.3. The Morgan fingerprint density at radius 2 is 1.65 bits per heavy atom. The molecule has 6 nitrogen and oxygen atoms in total. The summed E-state index contributed by atoms with van der Waals surface area (Å²) in [6.45, 7) is 5.39. The summed E-state index contributed by atoms with van der Waals surface area (Å²) in [7, 11) is 0. The number of anilines is 1. The summed E-state index contributed by atoms with van der Waals surface area (Å²) < 4.78 is 0. The first-order chi connectivity index (χ1) is 17.8. The van der Waals surface area contributed by atoms with Crippen LogP contribution in [0.5, 0.6) is 5.75 Å². The monoisotopic (exact) mass is 491 g/mol. The highest BCUT2D eigenvalue weighted by Gasteiger charge is 2.56. The molecular formula is C31H25NO5. The first-order valence-electron chi connectivity index (χ1n) is 12.4. The van der Waals surface area contributed by atoms with Gasteiger partial charge >= 0.3 is 0 Å². The lowest BCUT2D eigenvalue weighted by atomic mass is 9.59. The van der Waals surface area contributed by atoms with Crippen molar-refractivity contribution < 1.29 is 24.3 Å². The molecular weight excluding hydrogens is 466 g/mol. The van der Waals surface area contributed by atoms with Gasteiger partial charge in [0.2, 0.25) is 11.8 Å². The van der Waals surface area contributed by atoms with Crippen molar-refractivity contribution in [1.82, 2.24) is 0 Å². The standard InChI is InChI=1S/C31H25NO5/c1-3-17-4-8-19(9-5-17)32-30(36)22-13-12-21-23(27(22)31(32)37)15-24-25(34)14-16(2)29(35)28(24)26(21)18-6-10-20(33)11-7-18/h3-12,14,22-23,26-27,33H,1,13,15H2,2H3. The van der Waals surface area contributed by atoms with E-state index in [0.29, 0.717) is 28.8 Å². The third-order valence-corrected chi connectivity index (χ3v) is 8.18. The number of hydrogen-bond donors (Lipinski definition) is 1. The van der Waals surface area contributed by atoms with Crippen LogP contribution in [0, 0.1) is 17.8 Å². The number of fused-ring (bicyclic) bond motifs is 3. The maximum Gasteiger partial charge on any atom is 0.238 e. The van der Waals surface area contributed by atoms with E-state index in [4.69, 9.17) is 0 Å². The molecule has 37 heavy (non-hydrogen) atoms. The van der Waals surface area contributed by atoms with Crippen LogP contribution in [0.2, 0.25) is 0 Å². The number of benzene rings is 2. The normalized spacial score (nSPS) is 26.9. The molecule has 1 heterocycles. The van der Waals surface area contributed by atoms with Gasteiger partial charge in [-0.3, -0.25) is 24.1 Å². The van der Waals surface area contributed by atoms with E-state index in [1.807, 2.05) is 18.2 Å². The second kappa shape index (κ2) is 8.37. The maximum absolute atomic E-state index is 13.9. The highest BCUT2D eigenvalue weighted by Crippen LogP contribution is 2.55. The first-order valence-corrected chi connectivity index (χ1v) is 12.4. The lowest BCUT2D eigenvalue weighted by molar-refractivity contribution is -0.123. The van der Waals surface area contributed by atoms with Crippen molar-refractivity contribution in [3.05, 3.63) is 101 Å². The summed E-state index contributed by atoms with van der Waals surface area (Å²) in [5, 5.41) is 9.86. The Balaban J connectivity index is 1.46. The summed E-state index contributed by atoms with van der Waals surface area (Å²) >= 11 is 0. The molecule has 1 fully saturated rings. The van der Waals surface area contributed by atoms with E-state index in [1.54, 1.807) is 49.4 Å². The Bertz CT molecular complexity index is 1490. The highest BCUT2D eigenvalue weighted by atomic mass is 16.3. The molecule has 2 aromatic carbocycles. The molecule has 1 saturated heterocycles. The lowest BCUT2D eigenvalue weighted by Gasteiger charge is -2.42. The largest absolute Gasteiger partial charge is 0.508 e. The van der Waals surface area contributed by atoms with Crippen LogP contribution in [0.1, 0.15) is 36.8 Å². The number of Topliss-reactive ketones (excluding diaryl/α,β-unsaturated/α-hetero) is 1. The number of phenols is 1. The Kier molecular flexibility index (Phi) is 5.23. The quantitative estimate of drug-likeness (QED) is 0.383. The fourth-order valence-corrected chi connectivity index (χ4v) is 6.42. The van der Waals surface area contributed by atoms with Gasteiger partial charge in [-0.05, 0) is 67.2 Å². The number of hydrogen-bond acceptors (Lipinski definition) is 5. The molecule has 1 aliphatic heterocycles. The van der Waals surface area contributed by atoms with Crippen LogP contribution in [0.25, 0.3) is 6.08 Å². The van der Waals surface area contributed by atoms with Crippen molar-refractivity contribution in [2.45, 2.75) is 25.7 Å². The minimum Gasteiger partial charge on any atom is -0.508 e. The van der Waals surface area contributed by atoms with Gasteiger partial charge in [-0.15, -0.1) is 0 Å². The van der Waals surface area contributed by atoms with Crippen LogP contribution in [0.4, 0.5) is 5.69 Å². The van der Waals surface area contributed by atoms with Gasteiger partial charge in [-0.2, -0.15) is 0 Å². The number of aromatic hydroxyl groups is 1. The van der Waals surface area contributed by atoms with Gasteiger partial charge in [-0.1, -0.05) is 48.6 Å². The second-order valence-corrected chi connectivity index (χ2v) is 10.1. The third-order valence-electron chi connectivity index (χ3n) is 8.18. The fraction of sp³-hybridized carbons (Fsp3) is 0.226. The van der Waals surface area contributed by atoms with E-state index in [0.717, 1.165) is 16.7 Å². The molecule has 6 heteroatoms. The number of carbonyl (C=O) groups is 4. The van der Waals surface area contributed by atoms with Crippen molar-refractivity contribution in [2.75, 3.05) is 4.90 Å². The highest BCUT2D eigenvalue weighted by molar-refractivity contribution is 6.25. The van der Waals surface area contributed by atoms with Gasteiger partial charge in [0.05, 0.1) is 17.5 Å². The van der Waals surface area contributed by atoms with Gasteiger partial charge in [-0.25, -0.2) is 0 Å². The molecule has 0 spiro atoms. The molecule has 4 unspecified atom stereocenters. The maximum atomic E-state index is 13.9. The Morgan fingerprint density at radius 1 is 0.946 bits per heavy atom. The van der Waals surface area contributed by atoms with Gasteiger partial charge in [0.25, 0.3) is 0 Å². The fourth-order valence-electron chi connectivity index (χ4n) is 6.42. The molecule has 4 aliphatic rings. The van der Waals surface area contributed by atoms with Crippen LogP contribution < -0.4 is 4.90 Å². The van der Waals surface area contributed by atoms with Crippen molar-refractivity contribution in [3.63, 3.8) is 0 Å². The average Bonchev–Trinajstić information content (AvgIpc) is 3.16. The third kappa shape index (κ3) is 3.39. The summed E-state index contributed by atoms with van der Waals surface area (Å²) in [5.74, 6) is -2.83. The van der Waals surface area contributed by atoms with Crippen molar-refractivity contribution >= 4 is 35.1 Å². The summed E-state index contributed by atoms with van der Waals surface area (Å²) in [6.07, 6.45) is 5.69. The SMILES string of the molecule is C=Cc1ccc(N2C(=O)C3CC=C4C(c5ccc(O)cc5)C5=C(CC4C3C2=O)C(=O)C=C(C)C5=O)cc1. The minimum atomic E-state index is -0.616. The lowest BCUT2D eigenvalue weighted by Crippen LogP contribution is -2.39. The molecule has 4 atom stereocenters. The van der Waals surface area contributed by atoms with Crippen LogP contribution in [-0.4, -0.2) is 28.5 Å². The van der Waals surface area contributed by atoms with Gasteiger partial charge < -0.3 is 5.11 Å². The van der Waals surface area contributed by atoms with E-state index in [1.165, 1.54) is 11.0 Å². The van der Waals surface area contributed by atoms with E-state index in [2.05, 4.69) is 6.58 Å². The summed E-state index contributed by atoms with van der Waals surface area (Å²) in [5.41, 5.74) is 4.33. The molecule has 2 aromatic rings. The van der Waals surface area contributed by atoms with E-state index in [9.17, 15) is 24.3 Å². The summed E-state index contributed by atoms with van der Waals surface area (Å²) in [6, 6.07) is 13.7. The molecule has 0 bridgehead atoms. The number of imide groups is 1. The molecule has 1 N–H and O–H groups in total. The van der Waals surface area contributed by atoms with E-state index in [-0.39, 0.29) is 41.5 Å². The second-order valence-electron chi connectivity index (χ2n) is 10.1. The average molecular weight is 492 g/mol.